The van der Waals surface area contributed by atoms with Crippen LogP contribution in [0.5, 0.6) is 0 Å². The number of guanidine groups is 1. The van der Waals surface area contributed by atoms with Crippen molar-refractivity contribution < 1.29 is 4.79 Å². The first kappa shape index (κ1) is 20.9. The van der Waals surface area contributed by atoms with Crippen LogP contribution >= 0.6 is 24.0 Å². The zero-order valence-corrected chi connectivity index (χ0v) is 17.9. The number of amides is 1. The minimum absolute atomic E-state index is 0. The van der Waals surface area contributed by atoms with Crippen molar-refractivity contribution in [3.05, 3.63) is 24.5 Å². The van der Waals surface area contributed by atoms with Crippen molar-refractivity contribution in [1.29, 1.82) is 0 Å². The molecular weight excluding hydrogens is 441 g/mol. The van der Waals surface area contributed by atoms with E-state index in [1.165, 1.54) is 38.5 Å². The van der Waals surface area contributed by atoms with E-state index in [4.69, 9.17) is 0 Å². The Hall–Kier alpha value is -1.38. The molecule has 1 aliphatic heterocycles. The van der Waals surface area contributed by atoms with E-state index >= 15 is 0 Å². The summed E-state index contributed by atoms with van der Waals surface area (Å²) < 4.78 is 0. The predicted molar refractivity (Wildman–Crippen MR) is 116 cm³/mol. The van der Waals surface area contributed by atoms with Gasteiger partial charge in [-0.1, -0.05) is 19.3 Å². The highest BCUT2D eigenvalue weighted by atomic mass is 127. The summed E-state index contributed by atoms with van der Waals surface area (Å²) >= 11 is 0. The summed E-state index contributed by atoms with van der Waals surface area (Å²) in [5, 5.41) is 6.18. The zero-order valence-electron chi connectivity index (χ0n) is 15.5. The molecule has 1 aromatic rings. The van der Waals surface area contributed by atoms with Crippen LogP contribution in [0.3, 0.4) is 0 Å². The fourth-order valence-corrected chi connectivity index (χ4v) is 4.04. The standard InChI is InChI=1S/C19H29N5O.HI/c1-2-21-18(22-14-17(25)23-16-7-6-11-20-13-16)24-12-10-19(15-24)8-4-3-5-9-19;/h6-7,11,13H,2-5,8-10,12,14-15H2,1H3,(H,21,22)(H,23,25);1H. The number of nitrogens with one attached hydrogen (secondary N) is 2. The third-order valence-electron chi connectivity index (χ3n) is 5.30. The van der Waals surface area contributed by atoms with Gasteiger partial charge in [0.15, 0.2) is 5.96 Å². The molecule has 7 heteroatoms. The number of halogens is 1. The molecule has 26 heavy (non-hydrogen) atoms. The molecule has 144 valence electrons. The van der Waals surface area contributed by atoms with E-state index in [1.807, 2.05) is 6.07 Å². The normalized spacial score (nSPS) is 19.1. The number of hydrogen-bond donors (Lipinski definition) is 2. The number of carbonyl (C=O) groups is 1. The molecule has 2 heterocycles. The average molecular weight is 471 g/mol. The number of rotatable bonds is 4. The molecule has 2 aliphatic rings. The van der Waals surface area contributed by atoms with Crippen molar-refractivity contribution in [2.24, 2.45) is 10.4 Å². The van der Waals surface area contributed by atoms with Crippen molar-refractivity contribution in [3.8, 4) is 0 Å². The molecule has 1 aromatic heterocycles. The van der Waals surface area contributed by atoms with Crippen LogP contribution in [0.25, 0.3) is 0 Å². The molecule has 0 aromatic carbocycles. The van der Waals surface area contributed by atoms with Crippen molar-refractivity contribution in [2.45, 2.75) is 45.4 Å². The second kappa shape index (κ2) is 10.1. The SMILES string of the molecule is CCNC(=NCC(=O)Nc1cccnc1)N1CCC2(CCCCC2)C1.I. The molecule has 2 fully saturated rings. The van der Waals surface area contributed by atoms with Crippen LogP contribution in [0, 0.1) is 5.41 Å². The zero-order chi connectivity index (χ0) is 17.5. The number of anilines is 1. The summed E-state index contributed by atoms with van der Waals surface area (Å²) in [7, 11) is 0. The second-order valence-corrected chi connectivity index (χ2v) is 7.19. The average Bonchev–Trinajstić information content (AvgIpc) is 3.03. The Kier molecular flexibility index (Phi) is 8.12. The van der Waals surface area contributed by atoms with Gasteiger partial charge in [-0.3, -0.25) is 9.78 Å². The third-order valence-corrected chi connectivity index (χ3v) is 5.30. The number of aromatic nitrogens is 1. The summed E-state index contributed by atoms with van der Waals surface area (Å²) in [4.78, 5) is 23.0. The number of hydrogen-bond acceptors (Lipinski definition) is 3. The van der Waals surface area contributed by atoms with Crippen LogP contribution in [-0.4, -0.2) is 47.9 Å². The summed E-state index contributed by atoms with van der Waals surface area (Å²) in [6.07, 6.45) is 11.3. The highest BCUT2D eigenvalue weighted by Crippen LogP contribution is 2.43. The maximum Gasteiger partial charge on any atom is 0.246 e. The molecule has 1 aliphatic carbocycles. The lowest BCUT2D eigenvalue weighted by Gasteiger charge is -2.33. The van der Waals surface area contributed by atoms with Crippen molar-refractivity contribution in [2.75, 3.05) is 31.5 Å². The highest BCUT2D eigenvalue weighted by molar-refractivity contribution is 14.0. The van der Waals surface area contributed by atoms with Crippen molar-refractivity contribution in [1.82, 2.24) is 15.2 Å². The van der Waals surface area contributed by atoms with Gasteiger partial charge in [0.25, 0.3) is 0 Å². The van der Waals surface area contributed by atoms with E-state index in [0.29, 0.717) is 11.1 Å². The molecule has 1 saturated carbocycles. The summed E-state index contributed by atoms with van der Waals surface area (Å²) in [5.41, 5.74) is 1.18. The van der Waals surface area contributed by atoms with Crippen molar-refractivity contribution in [3.63, 3.8) is 0 Å². The van der Waals surface area contributed by atoms with Gasteiger partial charge in [0.2, 0.25) is 5.91 Å². The van der Waals surface area contributed by atoms with Crippen LogP contribution in [0.15, 0.2) is 29.5 Å². The molecule has 0 bridgehead atoms. The van der Waals surface area contributed by atoms with Crippen LogP contribution in [-0.2, 0) is 4.79 Å². The lowest BCUT2D eigenvalue weighted by Crippen LogP contribution is -2.42. The Bertz CT molecular complexity index is 601. The highest BCUT2D eigenvalue weighted by Gasteiger charge is 2.39. The van der Waals surface area contributed by atoms with E-state index in [9.17, 15) is 4.79 Å². The molecule has 6 nitrogen and oxygen atoms in total. The molecule has 0 unspecified atom stereocenters. The Morgan fingerprint density at radius 1 is 1.31 bits per heavy atom. The smallest absolute Gasteiger partial charge is 0.246 e. The Morgan fingerprint density at radius 3 is 2.81 bits per heavy atom. The van der Waals surface area contributed by atoms with Gasteiger partial charge >= 0.3 is 0 Å². The molecule has 1 saturated heterocycles. The topological polar surface area (TPSA) is 69.6 Å². The molecule has 3 rings (SSSR count). The Balaban J connectivity index is 0.00000243. The number of aliphatic imine (C=N–C) groups is 1. The van der Waals surface area contributed by atoms with Gasteiger partial charge in [0, 0.05) is 25.8 Å². The number of carbonyl (C=O) groups excluding carboxylic acids is 1. The minimum atomic E-state index is -0.116. The first-order chi connectivity index (χ1) is 12.2. The van der Waals surface area contributed by atoms with E-state index in [2.05, 4.69) is 32.4 Å². The first-order valence-corrected chi connectivity index (χ1v) is 9.44. The lowest BCUT2D eigenvalue weighted by molar-refractivity contribution is -0.114. The fourth-order valence-electron chi connectivity index (χ4n) is 4.04. The lowest BCUT2D eigenvalue weighted by atomic mass is 9.73. The Labute approximate surface area is 173 Å². The third kappa shape index (κ3) is 5.56. The molecular formula is C19H30IN5O. The van der Waals surface area contributed by atoms with Gasteiger partial charge in [-0.2, -0.15) is 0 Å². The van der Waals surface area contributed by atoms with Gasteiger partial charge in [0.1, 0.15) is 6.54 Å². The first-order valence-electron chi connectivity index (χ1n) is 9.44. The molecule has 1 amide bonds. The molecule has 0 radical (unpaired) electrons. The minimum Gasteiger partial charge on any atom is -0.357 e. The van der Waals surface area contributed by atoms with Crippen LogP contribution < -0.4 is 10.6 Å². The maximum absolute atomic E-state index is 12.1. The van der Waals surface area contributed by atoms with Crippen LogP contribution in [0.4, 0.5) is 5.69 Å². The monoisotopic (exact) mass is 471 g/mol. The van der Waals surface area contributed by atoms with E-state index in [1.54, 1.807) is 18.5 Å². The number of pyridine rings is 1. The molecule has 2 N–H and O–H groups in total. The van der Waals surface area contributed by atoms with Gasteiger partial charge in [-0.15, -0.1) is 24.0 Å². The van der Waals surface area contributed by atoms with Gasteiger partial charge in [-0.05, 0) is 43.7 Å². The van der Waals surface area contributed by atoms with Gasteiger partial charge < -0.3 is 15.5 Å². The Morgan fingerprint density at radius 2 is 2.12 bits per heavy atom. The van der Waals surface area contributed by atoms with E-state index in [0.717, 1.165) is 25.6 Å². The largest absolute Gasteiger partial charge is 0.357 e. The van der Waals surface area contributed by atoms with Gasteiger partial charge in [0.05, 0.1) is 11.9 Å². The quantitative estimate of drug-likeness (QED) is 0.402. The summed E-state index contributed by atoms with van der Waals surface area (Å²) in [5.74, 6) is 0.751. The van der Waals surface area contributed by atoms with E-state index < -0.39 is 0 Å². The van der Waals surface area contributed by atoms with Crippen LogP contribution in [0.2, 0.25) is 0 Å². The summed E-state index contributed by atoms with van der Waals surface area (Å²) in [6.45, 7) is 5.12. The second-order valence-electron chi connectivity index (χ2n) is 7.19. The fraction of sp³-hybridized carbons (Fsp3) is 0.632. The van der Waals surface area contributed by atoms with Crippen LogP contribution in [0.1, 0.15) is 45.4 Å². The van der Waals surface area contributed by atoms with Gasteiger partial charge in [-0.25, -0.2) is 4.99 Å². The number of nitrogens with zero attached hydrogens (tertiary/aromatic N) is 3. The summed E-state index contributed by atoms with van der Waals surface area (Å²) in [6, 6.07) is 3.63. The number of likely N-dealkylation sites (tertiary alicyclic amines) is 1. The molecule has 0 atom stereocenters. The van der Waals surface area contributed by atoms with Crippen molar-refractivity contribution >= 4 is 41.5 Å². The van der Waals surface area contributed by atoms with E-state index in [-0.39, 0.29) is 36.4 Å². The maximum atomic E-state index is 12.1. The molecule has 1 spiro atoms. The predicted octanol–water partition coefficient (Wildman–Crippen LogP) is 3.26.